The van der Waals surface area contributed by atoms with Gasteiger partial charge in [0.2, 0.25) is 0 Å². The molecular formula is C17H18ClN3O2. The summed E-state index contributed by atoms with van der Waals surface area (Å²) in [6.07, 6.45) is 1.60. The number of benzene rings is 1. The molecule has 5 nitrogen and oxygen atoms in total. The van der Waals surface area contributed by atoms with Gasteiger partial charge in [0.25, 0.3) is 5.91 Å². The van der Waals surface area contributed by atoms with Gasteiger partial charge in [-0.1, -0.05) is 23.7 Å². The summed E-state index contributed by atoms with van der Waals surface area (Å²) in [5, 5.41) is 12.9. The average Bonchev–Trinajstić information content (AvgIpc) is 2.62. The van der Waals surface area contributed by atoms with Crippen molar-refractivity contribution in [1.82, 2.24) is 15.2 Å². The van der Waals surface area contributed by atoms with Gasteiger partial charge in [0, 0.05) is 43.0 Å². The molecule has 0 aliphatic carbocycles. The Morgan fingerprint density at radius 1 is 1.26 bits per heavy atom. The molecular weight excluding hydrogens is 314 g/mol. The van der Waals surface area contributed by atoms with E-state index in [2.05, 4.69) is 10.3 Å². The fraction of sp³-hybridized carbons (Fsp3) is 0.294. The van der Waals surface area contributed by atoms with E-state index < -0.39 is 0 Å². The summed E-state index contributed by atoms with van der Waals surface area (Å²) in [6.45, 7) is 3.00. The molecule has 120 valence electrons. The number of pyridine rings is 1. The molecule has 0 unspecified atom stereocenters. The fourth-order valence-electron chi connectivity index (χ4n) is 2.58. The maximum absolute atomic E-state index is 12.4. The first-order chi connectivity index (χ1) is 11.2. The van der Waals surface area contributed by atoms with Crippen molar-refractivity contribution in [1.29, 1.82) is 0 Å². The van der Waals surface area contributed by atoms with Gasteiger partial charge >= 0.3 is 0 Å². The minimum Gasteiger partial charge on any atom is -0.392 e. The summed E-state index contributed by atoms with van der Waals surface area (Å²) in [4.78, 5) is 18.6. The molecule has 23 heavy (non-hydrogen) atoms. The first-order valence-corrected chi connectivity index (χ1v) is 7.92. The van der Waals surface area contributed by atoms with E-state index in [1.807, 2.05) is 17.0 Å². The smallest absolute Gasteiger partial charge is 0.255 e. The molecule has 3 rings (SSSR count). The number of aromatic nitrogens is 1. The lowest BCUT2D eigenvalue weighted by Crippen LogP contribution is -2.46. The number of hydrogen-bond acceptors (Lipinski definition) is 4. The summed E-state index contributed by atoms with van der Waals surface area (Å²) in [7, 11) is 0. The quantitative estimate of drug-likeness (QED) is 0.902. The second-order valence-electron chi connectivity index (χ2n) is 5.44. The summed E-state index contributed by atoms with van der Waals surface area (Å²) >= 11 is 6.11. The van der Waals surface area contributed by atoms with Crippen molar-refractivity contribution in [3.05, 3.63) is 52.7 Å². The topological polar surface area (TPSA) is 65.5 Å². The molecule has 1 aromatic heterocycles. The minimum atomic E-state index is -0.0926. The first kappa shape index (κ1) is 15.9. The predicted molar refractivity (Wildman–Crippen MR) is 89.4 cm³/mol. The van der Waals surface area contributed by atoms with Crippen molar-refractivity contribution in [2.24, 2.45) is 0 Å². The van der Waals surface area contributed by atoms with Gasteiger partial charge in [0.1, 0.15) is 0 Å². The lowest BCUT2D eigenvalue weighted by atomic mass is 10.1. The van der Waals surface area contributed by atoms with Gasteiger partial charge in [0.05, 0.1) is 17.9 Å². The van der Waals surface area contributed by atoms with Crippen LogP contribution in [0.4, 0.5) is 0 Å². The first-order valence-electron chi connectivity index (χ1n) is 7.55. The third-order valence-corrected chi connectivity index (χ3v) is 4.29. The molecule has 0 spiro atoms. The molecule has 2 N–H and O–H groups in total. The number of carbonyl (C=O) groups excluding carboxylic acids is 1. The van der Waals surface area contributed by atoms with Gasteiger partial charge < -0.3 is 15.3 Å². The van der Waals surface area contributed by atoms with E-state index >= 15 is 0 Å². The standard InChI is InChI=1S/C17H18ClN3O2/c18-15-9-12(1-2-14(15)11-22)16-4-3-13(10-20-16)17(23)21-7-5-19-6-8-21/h1-4,9-10,19,22H,5-8,11H2. The molecule has 1 saturated heterocycles. The minimum absolute atomic E-state index is 0.0132. The van der Waals surface area contributed by atoms with Gasteiger partial charge in [0.15, 0.2) is 0 Å². The van der Waals surface area contributed by atoms with Crippen LogP contribution in [0, 0.1) is 0 Å². The average molecular weight is 332 g/mol. The van der Waals surface area contributed by atoms with Crippen LogP contribution in [0.15, 0.2) is 36.5 Å². The van der Waals surface area contributed by atoms with Crippen molar-refractivity contribution in [3.8, 4) is 11.3 Å². The number of nitrogens with one attached hydrogen (secondary N) is 1. The summed E-state index contributed by atoms with van der Waals surface area (Å²) in [5.41, 5.74) is 2.87. The van der Waals surface area contributed by atoms with Crippen molar-refractivity contribution >= 4 is 17.5 Å². The van der Waals surface area contributed by atoms with Crippen LogP contribution in [0.2, 0.25) is 5.02 Å². The van der Waals surface area contributed by atoms with Crippen molar-refractivity contribution in [3.63, 3.8) is 0 Å². The van der Waals surface area contributed by atoms with Crippen LogP contribution in [0.25, 0.3) is 11.3 Å². The van der Waals surface area contributed by atoms with Crippen LogP contribution in [0.3, 0.4) is 0 Å². The zero-order valence-electron chi connectivity index (χ0n) is 12.6. The van der Waals surface area contributed by atoms with E-state index in [0.717, 1.165) is 37.4 Å². The second-order valence-corrected chi connectivity index (χ2v) is 5.85. The third-order valence-electron chi connectivity index (χ3n) is 3.93. The highest BCUT2D eigenvalue weighted by Crippen LogP contribution is 2.24. The molecule has 0 atom stereocenters. The Labute approximate surface area is 139 Å². The highest BCUT2D eigenvalue weighted by molar-refractivity contribution is 6.31. The lowest BCUT2D eigenvalue weighted by Gasteiger charge is -2.27. The number of carbonyl (C=O) groups is 1. The van der Waals surface area contributed by atoms with E-state index in [1.54, 1.807) is 24.4 Å². The summed E-state index contributed by atoms with van der Waals surface area (Å²) in [5.74, 6) is 0.0132. The molecule has 1 aliphatic heterocycles. The van der Waals surface area contributed by atoms with Crippen molar-refractivity contribution in [2.75, 3.05) is 26.2 Å². The monoisotopic (exact) mass is 331 g/mol. The van der Waals surface area contributed by atoms with Crippen LogP contribution in [0.5, 0.6) is 0 Å². The number of rotatable bonds is 3. The number of amides is 1. The van der Waals surface area contributed by atoms with Crippen LogP contribution in [0.1, 0.15) is 15.9 Å². The maximum atomic E-state index is 12.4. The number of aliphatic hydroxyl groups is 1. The number of hydrogen-bond donors (Lipinski definition) is 2. The Morgan fingerprint density at radius 2 is 2.04 bits per heavy atom. The molecule has 6 heteroatoms. The molecule has 0 bridgehead atoms. The Morgan fingerprint density at radius 3 is 2.65 bits per heavy atom. The highest BCUT2D eigenvalue weighted by Gasteiger charge is 2.18. The van der Waals surface area contributed by atoms with Gasteiger partial charge in [-0.2, -0.15) is 0 Å². The largest absolute Gasteiger partial charge is 0.392 e. The Hall–Kier alpha value is -1.95. The van der Waals surface area contributed by atoms with E-state index in [4.69, 9.17) is 16.7 Å². The van der Waals surface area contributed by atoms with E-state index in [-0.39, 0.29) is 12.5 Å². The van der Waals surface area contributed by atoms with Crippen LogP contribution in [-0.4, -0.2) is 47.1 Å². The van der Waals surface area contributed by atoms with E-state index in [1.165, 1.54) is 0 Å². The molecule has 1 amide bonds. The second kappa shape index (κ2) is 7.08. The molecule has 2 aromatic rings. The molecule has 0 saturated carbocycles. The third kappa shape index (κ3) is 3.52. The van der Waals surface area contributed by atoms with Gasteiger partial charge in [-0.3, -0.25) is 9.78 Å². The number of halogens is 1. The summed E-state index contributed by atoms with van der Waals surface area (Å²) in [6, 6.07) is 9.02. The Kier molecular flexibility index (Phi) is 4.91. The number of piperazine rings is 1. The zero-order valence-corrected chi connectivity index (χ0v) is 13.4. The Balaban J connectivity index is 1.79. The molecule has 1 fully saturated rings. The van der Waals surface area contributed by atoms with Crippen molar-refractivity contribution < 1.29 is 9.90 Å². The van der Waals surface area contributed by atoms with Gasteiger partial charge in [-0.25, -0.2) is 0 Å². The van der Waals surface area contributed by atoms with Crippen LogP contribution >= 0.6 is 11.6 Å². The van der Waals surface area contributed by atoms with Crippen molar-refractivity contribution in [2.45, 2.75) is 6.61 Å². The molecule has 2 heterocycles. The predicted octanol–water partition coefficient (Wildman–Crippen LogP) is 1.94. The highest BCUT2D eigenvalue weighted by atomic mass is 35.5. The summed E-state index contributed by atoms with van der Waals surface area (Å²) < 4.78 is 0. The lowest BCUT2D eigenvalue weighted by molar-refractivity contribution is 0.0735. The Bertz CT molecular complexity index is 697. The SMILES string of the molecule is O=C(c1ccc(-c2ccc(CO)c(Cl)c2)nc1)N1CCNCC1. The maximum Gasteiger partial charge on any atom is 0.255 e. The van der Waals surface area contributed by atoms with Crippen LogP contribution in [-0.2, 0) is 6.61 Å². The molecule has 1 aliphatic rings. The van der Waals surface area contributed by atoms with E-state index in [9.17, 15) is 4.79 Å². The number of aliphatic hydroxyl groups excluding tert-OH is 1. The zero-order chi connectivity index (χ0) is 16.2. The molecule has 1 aromatic carbocycles. The van der Waals surface area contributed by atoms with Gasteiger partial charge in [-0.05, 0) is 23.8 Å². The fourth-order valence-corrected chi connectivity index (χ4v) is 2.82. The normalized spacial score (nSPS) is 14.8. The number of nitrogens with zero attached hydrogens (tertiary/aromatic N) is 2. The van der Waals surface area contributed by atoms with E-state index in [0.29, 0.717) is 16.1 Å². The van der Waals surface area contributed by atoms with Gasteiger partial charge in [-0.15, -0.1) is 0 Å². The molecule has 0 radical (unpaired) electrons. The van der Waals surface area contributed by atoms with Crippen LogP contribution < -0.4 is 5.32 Å².